The van der Waals surface area contributed by atoms with E-state index in [9.17, 15) is 0 Å². The lowest BCUT2D eigenvalue weighted by Crippen LogP contribution is -1.86. The third-order valence-corrected chi connectivity index (χ3v) is 5.46. The molecule has 0 fully saturated rings. The second kappa shape index (κ2) is 6.65. The van der Waals surface area contributed by atoms with Crippen LogP contribution in [0.15, 0.2) is 60.7 Å². The molecule has 3 aromatic rings. The maximum absolute atomic E-state index is 6.18. The van der Waals surface area contributed by atoms with Crippen molar-refractivity contribution >= 4 is 34.5 Å². The van der Waals surface area contributed by atoms with Gasteiger partial charge in [-0.15, -0.1) is 34.5 Å². The van der Waals surface area contributed by atoms with Crippen molar-refractivity contribution in [2.45, 2.75) is 11.8 Å². The third-order valence-electron chi connectivity index (χ3n) is 3.42. The molecule has 0 saturated heterocycles. The molecule has 0 bridgehead atoms. The van der Waals surface area contributed by atoms with E-state index >= 15 is 0 Å². The molecule has 1 aromatic heterocycles. The Hall–Kier alpha value is -1.28. The fraction of sp³-hybridized carbons (Fsp3) is 0.111. The van der Waals surface area contributed by atoms with Crippen LogP contribution in [-0.4, -0.2) is 0 Å². The van der Waals surface area contributed by atoms with Crippen LogP contribution in [0.4, 0.5) is 0 Å². The van der Waals surface area contributed by atoms with E-state index in [1.54, 1.807) is 11.3 Å². The topological polar surface area (TPSA) is 0 Å². The van der Waals surface area contributed by atoms with Gasteiger partial charge in [-0.25, -0.2) is 0 Å². The summed E-state index contributed by atoms with van der Waals surface area (Å²) in [5, 5.41) is 0. The van der Waals surface area contributed by atoms with Gasteiger partial charge in [0, 0.05) is 20.9 Å². The van der Waals surface area contributed by atoms with Crippen molar-refractivity contribution in [3.63, 3.8) is 0 Å². The van der Waals surface area contributed by atoms with Crippen LogP contribution in [0.1, 0.15) is 9.75 Å². The van der Waals surface area contributed by atoms with E-state index in [0.717, 1.165) is 0 Å². The van der Waals surface area contributed by atoms with Gasteiger partial charge >= 0.3 is 0 Å². The highest BCUT2D eigenvalue weighted by molar-refractivity contribution is 7.13. The standard InChI is InChI=1S/C18H14Cl2S/c19-11-15-17(13-7-3-1-4-8-13)18(16(12-20)21-15)14-9-5-2-6-10-14/h1-10H,11-12H2. The van der Waals surface area contributed by atoms with Crippen molar-refractivity contribution in [3.05, 3.63) is 70.4 Å². The molecule has 0 aliphatic heterocycles. The fourth-order valence-electron chi connectivity index (χ4n) is 2.54. The maximum atomic E-state index is 6.18. The van der Waals surface area contributed by atoms with Crippen molar-refractivity contribution in [2.24, 2.45) is 0 Å². The molecule has 106 valence electrons. The molecule has 0 atom stereocenters. The van der Waals surface area contributed by atoms with Crippen molar-refractivity contribution in [1.82, 2.24) is 0 Å². The molecule has 0 nitrogen and oxygen atoms in total. The first kappa shape index (κ1) is 14.6. The van der Waals surface area contributed by atoms with E-state index in [2.05, 4.69) is 48.5 Å². The molecule has 3 heteroatoms. The van der Waals surface area contributed by atoms with Gasteiger partial charge in [0.1, 0.15) is 0 Å². The van der Waals surface area contributed by atoms with Crippen LogP contribution in [0.25, 0.3) is 22.3 Å². The zero-order chi connectivity index (χ0) is 14.7. The molecule has 0 unspecified atom stereocenters. The van der Waals surface area contributed by atoms with Gasteiger partial charge in [0.25, 0.3) is 0 Å². The van der Waals surface area contributed by atoms with Crippen molar-refractivity contribution < 1.29 is 0 Å². The average Bonchev–Trinajstić information content (AvgIpc) is 2.95. The SMILES string of the molecule is ClCc1sc(CCl)c(-c2ccccc2)c1-c1ccccc1. The summed E-state index contributed by atoms with van der Waals surface area (Å²) in [6, 6.07) is 20.8. The molecule has 2 aromatic carbocycles. The van der Waals surface area contributed by atoms with Gasteiger partial charge in [-0.1, -0.05) is 60.7 Å². The highest BCUT2D eigenvalue weighted by atomic mass is 35.5. The Morgan fingerprint density at radius 1 is 0.619 bits per heavy atom. The van der Waals surface area contributed by atoms with E-state index in [-0.39, 0.29) is 0 Å². The highest BCUT2D eigenvalue weighted by Crippen LogP contribution is 2.44. The summed E-state index contributed by atoms with van der Waals surface area (Å²) in [5.41, 5.74) is 4.83. The minimum Gasteiger partial charge on any atom is -0.142 e. The number of rotatable bonds is 4. The Labute approximate surface area is 139 Å². The highest BCUT2D eigenvalue weighted by Gasteiger charge is 2.19. The van der Waals surface area contributed by atoms with Gasteiger partial charge in [-0.2, -0.15) is 0 Å². The van der Waals surface area contributed by atoms with Gasteiger partial charge < -0.3 is 0 Å². The predicted molar refractivity (Wildman–Crippen MR) is 94.3 cm³/mol. The number of hydrogen-bond acceptors (Lipinski definition) is 1. The monoisotopic (exact) mass is 332 g/mol. The van der Waals surface area contributed by atoms with Gasteiger partial charge in [-0.3, -0.25) is 0 Å². The summed E-state index contributed by atoms with van der Waals surface area (Å²) in [4.78, 5) is 2.36. The summed E-state index contributed by atoms with van der Waals surface area (Å²) in [7, 11) is 0. The van der Waals surface area contributed by atoms with Crippen LogP contribution in [-0.2, 0) is 11.8 Å². The number of hydrogen-bond donors (Lipinski definition) is 0. The van der Waals surface area contributed by atoms with E-state index in [1.807, 2.05) is 12.1 Å². The minimum absolute atomic E-state index is 0.506. The smallest absolute Gasteiger partial charge is 0.0574 e. The minimum atomic E-state index is 0.506. The van der Waals surface area contributed by atoms with Gasteiger partial charge in [0.05, 0.1) is 11.8 Å². The second-order valence-electron chi connectivity index (χ2n) is 4.70. The first-order valence-corrected chi connectivity index (χ1v) is 8.61. The zero-order valence-electron chi connectivity index (χ0n) is 11.4. The zero-order valence-corrected chi connectivity index (χ0v) is 13.7. The number of benzene rings is 2. The first-order chi connectivity index (χ1) is 10.3. The lowest BCUT2D eigenvalue weighted by molar-refractivity contribution is 1.48. The van der Waals surface area contributed by atoms with Crippen LogP contribution in [0.5, 0.6) is 0 Å². The summed E-state index contributed by atoms with van der Waals surface area (Å²) in [6.07, 6.45) is 0. The Morgan fingerprint density at radius 3 is 1.33 bits per heavy atom. The Kier molecular flexibility index (Phi) is 4.64. The summed E-state index contributed by atoms with van der Waals surface area (Å²) in [6.45, 7) is 0. The number of alkyl halides is 2. The largest absolute Gasteiger partial charge is 0.142 e. The second-order valence-corrected chi connectivity index (χ2v) is 6.42. The van der Waals surface area contributed by atoms with Crippen LogP contribution in [0.2, 0.25) is 0 Å². The van der Waals surface area contributed by atoms with Crippen molar-refractivity contribution in [1.29, 1.82) is 0 Å². The molecule has 0 aliphatic rings. The van der Waals surface area contributed by atoms with Crippen LogP contribution >= 0.6 is 34.5 Å². The molecule has 0 aliphatic carbocycles. The normalized spacial score (nSPS) is 10.8. The first-order valence-electron chi connectivity index (χ1n) is 6.72. The Morgan fingerprint density at radius 2 is 1.00 bits per heavy atom. The summed E-state index contributed by atoms with van der Waals surface area (Å²) >= 11 is 14.1. The molecule has 21 heavy (non-hydrogen) atoms. The van der Waals surface area contributed by atoms with E-state index < -0.39 is 0 Å². The van der Waals surface area contributed by atoms with E-state index in [0.29, 0.717) is 11.8 Å². The third kappa shape index (κ3) is 2.87. The molecule has 0 spiro atoms. The lowest BCUT2D eigenvalue weighted by Gasteiger charge is -2.08. The number of thiophene rings is 1. The molecule has 1 heterocycles. The molecular formula is C18H14Cl2S. The van der Waals surface area contributed by atoms with Crippen LogP contribution < -0.4 is 0 Å². The Bertz CT molecular complexity index is 656. The maximum Gasteiger partial charge on any atom is 0.0574 e. The molecule has 0 saturated carbocycles. The van der Waals surface area contributed by atoms with Gasteiger partial charge in [0.15, 0.2) is 0 Å². The molecular weight excluding hydrogens is 319 g/mol. The van der Waals surface area contributed by atoms with Crippen LogP contribution in [0, 0.1) is 0 Å². The van der Waals surface area contributed by atoms with E-state index in [4.69, 9.17) is 23.2 Å². The van der Waals surface area contributed by atoms with Gasteiger partial charge in [-0.05, 0) is 11.1 Å². The van der Waals surface area contributed by atoms with Crippen molar-refractivity contribution in [3.8, 4) is 22.3 Å². The quantitative estimate of drug-likeness (QED) is 0.474. The predicted octanol–water partition coefficient (Wildman–Crippen LogP) is 6.56. The summed E-state index contributed by atoms with van der Waals surface area (Å²) < 4.78 is 0. The van der Waals surface area contributed by atoms with E-state index in [1.165, 1.54) is 32.0 Å². The lowest BCUT2D eigenvalue weighted by atomic mass is 9.95. The Balaban J connectivity index is 2.29. The fourth-order valence-corrected chi connectivity index (χ4v) is 4.18. The molecule has 3 rings (SSSR count). The summed E-state index contributed by atoms with van der Waals surface area (Å²) in [5.74, 6) is 1.01. The number of halogens is 2. The molecule has 0 radical (unpaired) electrons. The molecule has 0 amide bonds. The molecule has 0 N–H and O–H groups in total. The van der Waals surface area contributed by atoms with Crippen LogP contribution in [0.3, 0.4) is 0 Å². The average molecular weight is 333 g/mol. The van der Waals surface area contributed by atoms with Gasteiger partial charge in [0.2, 0.25) is 0 Å². The van der Waals surface area contributed by atoms with Crippen molar-refractivity contribution in [2.75, 3.05) is 0 Å².